The fraction of sp³-hybridized carbons (Fsp3) is 0.133. The maximum absolute atomic E-state index is 12.0. The van der Waals surface area contributed by atoms with Crippen molar-refractivity contribution in [3.63, 3.8) is 0 Å². The van der Waals surface area contributed by atoms with Crippen LogP contribution in [0.15, 0.2) is 48.8 Å². The minimum absolute atomic E-state index is 0. The van der Waals surface area contributed by atoms with Gasteiger partial charge in [0.15, 0.2) is 18.2 Å². The lowest BCUT2D eigenvalue weighted by Gasteiger charge is -1.99. The summed E-state index contributed by atoms with van der Waals surface area (Å²) in [6, 6.07) is 10.2. The standard InChI is InChI=1S/C15H13ClNO2.BrH/c1-11(18)12-6-8-17(9-7-12)10-15(19)13-2-4-14(16)5-3-13;/h2-9H,10H2,1H3;1H/q+1;/p-1. The molecule has 1 aromatic carbocycles. The number of halogens is 2. The molecule has 0 spiro atoms. The van der Waals surface area contributed by atoms with Crippen molar-refractivity contribution in [1.82, 2.24) is 0 Å². The van der Waals surface area contributed by atoms with Crippen LogP contribution in [0.5, 0.6) is 0 Å². The predicted molar refractivity (Wildman–Crippen MR) is 72.4 cm³/mol. The van der Waals surface area contributed by atoms with Gasteiger partial charge in [-0.05, 0) is 31.2 Å². The van der Waals surface area contributed by atoms with Crippen molar-refractivity contribution in [2.75, 3.05) is 0 Å². The summed E-state index contributed by atoms with van der Waals surface area (Å²) in [5, 5.41) is 0.606. The number of Topliss-reactive ketones (excluding diaryl/α,β-unsaturated/α-hetero) is 2. The van der Waals surface area contributed by atoms with Crippen molar-refractivity contribution in [3.05, 3.63) is 64.9 Å². The van der Waals surface area contributed by atoms with Crippen molar-refractivity contribution in [1.29, 1.82) is 0 Å². The number of aromatic nitrogens is 1. The molecule has 2 aromatic rings. The number of ketones is 2. The quantitative estimate of drug-likeness (QED) is 0.559. The summed E-state index contributed by atoms with van der Waals surface area (Å²) in [5.41, 5.74) is 1.25. The number of hydrogen-bond acceptors (Lipinski definition) is 2. The molecule has 104 valence electrons. The Morgan fingerprint density at radius 2 is 1.55 bits per heavy atom. The number of nitrogens with zero attached hydrogens (tertiary/aromatic N) is 1. The summed E-state index contributed by atoms with van der Waals surface area (Å²) in [4.78, 5) is 23.2. The second-order valence-corrected chi connectivity index (χ2v) is 4.68. The Balaban J connectivity index is 0.00000200. The Labute approximate surface area is 133 Å². The van der Waals surface area contributed by atoms with Crippen molar-refractivity contribution < 1.29 is 31.1 Å². The average molecular weight is 355 g/mol. The first-order valence-electron chi connectivity index (χ1n) is 5.85. The second kappa shape index (κ2) is 7.31. The van der Waals surface area contributed by atoms with Crippen molar-refractivity contribution in [2.45, 2.75) is 13.5 Å². The van der Waals surface area contributed by atoms with E-state index < -0.39 is 0 Å². The average Bonchev–Trinajstić information content (AvgIpc) is 2.40. The molecule has 0 unspecified atom stereocenters. The number of hydrogen-bond donors (Lipinski definition) is 0. The maximum Gasteiger partial charge on any atom is 0.227 e. The van der Waals surface area contributed by atoms with E-state index in [9.17, 15) is 9.59 Å². The summed E-state index contributed by atoms with van der Waals surface area (Å²) >= 11 is 5.78. The molecule has 0 bridgehead atoms. The minimum Gasteiger partial charge on any atom is -1.00 e. The lowest BCUT2D eigenvalue weighted by molar-refractivity contribution is -0.683. The SMILES string of the molecule is CC(=O)c1cc[n+](CC(=O)c2ccc(Cl)cc2)cc1.[Br-]. The van der Waals surface area contributed by atoms with Gasteiger partial charge in [-0.25, -0.2) is 0 Å². The van der Waals surface area contributed by atoms with E-state index in [0.717, 1.165) is 0 Å². The van der Waals surface area contributed by atoms with Gasteiger partial charge in [-0.1, -0.05) is 11.6 Å². The molecule has 0 atom stereocenters. The first-order valence-corrected chi connectivity index (χ1v) is 6.23. The largest absolute Gasteiger partial charge is 1.00 e. The Morgan fingerprint density at radius 1 is 1.00 bits per heavy atom. The van der Waals surface area contributed by atoms with E-state index in [1.165, 1.54) is 6.92 Å². The summed E-state index contributed by atoms with van der Waals surface area (Å²) in [7, 11) is 0. The number of rotatable bonds is 4. The molecule has 0 aliphatic heterocycles. The second-order valence-electron chi connectivity index (χ2n) is 4.25. The van der Waals surface area contributed by atoms with Gasteiger partial charge in [0, 0.05) is 28.3 Å². The third-order valence-corrected chi connectivity index (χ3v) is 3.04. The molecule has 3 nitrogen and oxygen atoms in total. The highest BCUT2D eigenvalue weighted by Gasteiger charge is 2.12. The molecule has 0 saturated heterocycles. The highest BCUT2D eigenvalue weighted by atomic mass is 79.9. The lowest BCUT2D eigenvalue weighted by Crippen LogP contribution is -3.00. The zero-order chi connectivity index (χ0) is 13.8. The van der Waals surface area contributed by atoms with Gasteiger partial charge in [-0.15, -0.1) is 0 Å². The highest BCUT2D eigenvalue weighted by Crippen LogP contribution is 2.10. The van der Waals surface area contributed by atoms with Crippen LogP contribution in [0, 0.1) is 0 Å². The smallest absolute Gasteiger partial charge is 0.227 e. The van der Waals surface area contributed by atoms with Gasteiger partial charge in [0.1, 0.15) is 0 Å². The number of pyridine rings is 1. The van der Waals surface area contributed by atoms with Crippen LogP contribution < -0.4 is 21.5 Å². The molecule has 2 rings (SSSR count). The van der Waals surface area contributed by atoms with Crippen LogP contribution in [0.1, 0.15) is 27.6 Å². The molecular formula is C15H13BrClNO2. The van der Waals surface area contributed by atoms with E-state index in [-0.39, 0.29) is 35.1 Å². The van der Waals surface area contributed by atoms with E-state index in [1.807, 2.05) is 0 Å². The molecule has 0 amide bonds. The first kappa shape index (κ1) is 16.5. The van der Waals surface area contributed by atoms with Crippen molar-refractivity contribution in [2.24, 2.45) is 0 Å². The summed E-state index contributed by atoms with van der Waals surface area (Å²) in [6.45, 7) is 1.75. The molecule has 0 fully saturated rings. The summed E-state index contributed by atoms with van der Waals surface area (Å²) < 4.78 is 1.74. The Hall–Kier alpha value is -1.52. The Kier molecular flexibility index (Phi) is 6.05. The third kappa shape index (κ3) is 4.25. The monoisotopic (exact) mass is 353 g/mol. The van der Waals surface area contributed by atoms with Crippen molar-refractivity contribution in [3.8, 4) is 0 Å². The lowest BCUT2D eigenvalue weighted by atomic mass is 10.1. The van der Waals surface area contributed by atoms with Gasteiger partial charge in [0.2, 0.25) is 12.3 Å². The van der Waals surface area contributed by atoms with E-state index in [4.69, 9.17) is 11.6 Å². The van der Waals surface area contributed by atoms with Gasteiger partial charge in [0.25, 0.3) is 0 Å². The van der Waals surface area contributed by atoms with Gasteiger partial charge >= 0.3 is 0 Å². The van der Waals surface area contributed by atoms with Gasteiger partial charge in [0.05, 0.1) is 0 Å². The van der Waals surface area contributed by atoms with Crippen LogP contribution in [0.4, 0.5) is 0 Å². The van der Waals surface area contributed by atoms with Crippen LogP contribution >= 0.6 is 11.6 Å². The van der Waals surface area contributed by atoms with Gasteiger partial charge in [-0.2, -0.15) is 4.57 Å². The fourth-order valence-electron chi connectivity index (χ4n) is 1.69. The van der Waals surface area contributed by atoms with Crippen LogP contribution in [0.2, 0.25) is 5.02 Å². The van der Waals surface area contributed by atoms with E-state index in [0.29, 0.717) is 16.1 Å². The molecule has 0 saturated carbocycles. The zero-order valence-corrected chi connectivity index (χ0v) is 13.2. The topological polar surface area (TPSA) is 38.0 Å². The van der Waals surface area contributed by atoms with Crippen LogP contribution in [-0.4, -0.2) is 11.6 Å². The minimum atomic E-state index is -0.00255. The Morgan fingerprint density at radius 3 is 2.05 bits per heavy atom. The number of carbonyl (C=O) groups excluding carboxylic acids is 2. The molecule has 0 aliphatic rings. The maximum atomic E-state index is 12.0. The van der Waals surface area contributed by atoms with E-state index in [2.05, 4.69) is 0 Å². The van der Waals surface area contributed by atoms with E-state index in [1.54, 1.807) is 53.4 Å². The van der Waals surface area contributed by atoms with Crippen LogP contribution in [-0.2, 0) is 6.54 Å². The summed E-state index contributed by atoms with van der Waals surface area (Å²) in [5.74, 6) is 0.00780. The molecule has 0 radical (unpaired) electrons. The highest BCUT2D eigenvalue weighted by molar-refractivity contribution is 6.30. The molecule has 1 aromatic heterocycles. The normalized spacial score (nSPS) is 9.70. The van der Waals surface area contributed by atoms with Crippen LogP contribution in [0.3, 0.4) is 0 Å². The molecule has 20 heavy (non-hydrogen) atoms. The first-order chi connectivity index (χ1) is 9.06. The summed E-state index contributed by atoms with van der Waals surface area (Å²) in [6.07, 6.45) is 3.45. The van der Waals surface area contributed by atoms with Gasteiger partial charge in [-0.3, -0.25) is 9.59 Å². The molecular weight excluding hydrogens is 342 g/mol. The van der Waals surface area contributed by atoms with Crippen LogP contribution in [0.25, 0.3) is 0 Å². The molecule has 5 heteroatoms. The number of benzene rings is 1. The predicted octanol–water partition coefficient (Wildman–Crippen LogP) is -0.283. The van der Waals surface area contributed by atoms with Gasteiger partial charge < -0.3 is 17.0 Å². The molecule has 1 heterocycles. The van der Waals surface area contributed by atoms with Crippen molar-refractivity contribution >= 4 is 23.2 Å². The molecule has 0 N–H and O–H groups in total. The third-order valence-electron chi connectivity index (χ3n) is 2.79. The molecule has 0 aliphatic carbocycles. The Bertz CT molecular complexity index is 609. The van der Waals surface area contributed by atoms with E-state index >= 15 is 0 Å². The number of carbonyl (C=O) groups is 2. The fourth-order valence-corrected chi connectivity index (χ4v) is 1.82. The zero-order valence-electron chi connectivity index (χ0n) is 10.8.